The number of hydrogen-bond acceptors (Lipinski definition) is 6. The van der Waals surface area contributed by atoms with E-state index in [0.717, 1.165) is 21.2 Å². The smallest absolute Gasteiger partial charge is 0.336 e. The molecule has 1 atom stereocenters. The number of pyridine rings is 1. The fourth-order valence-electron chi connectivity index (χ4n) is 2.52. The van der Waals surface area contributed by atoms with Crippen molar-refractivity contribution in [2.45, 2.75) is 30.1 Å². The first-order valence-corrected chi connectivity index (χ1v) is 8.80. The van der Waals surface area contributed by atoms with Crippen LogP contribution in [0.1, 0.15) is 6.92 Å². The van der Waals surface area contributed by atoms with Gasteiger partial charge in [-0.1, -0.05) is 11.8 Å². The largest absolute Gasteiger partial charge is 0.406 e. The molecule has 1 saturated heterocycles. The molecule has 144 valence electrons. The maximum Gasteiger partial charge on any atom is 0.406 e. The van der Waals surface area contributed by atoms with Gasteiger partial charge in [-0.05, 0) is 19.1 Å². The van der Waals surface area contributed by atoms with Crippen molar-refractivity contribution >= 4 is 23.7 Å². The van der Waals surface area contributed by atoms with E-state index in [0.29, 0.717) is 12.1 Å². The molecule has 2 aromatic rings. The minimum atomic E-state index is -4.50. The summed E-state index contributed by atoms with van der Waals surface area (Å²) in [5.41, 5.74) is 0.423. The second-order valence-corrected chi connectivity index (χ2v) is 7.03. The van der Waals surface area contributed by atoms with E-state index >= 15 is 0 Å². The highest BCUT2D eigenvalue weighted by Gasteiger charge is 2.34. The van der Waals surface area contributed by atoms with Gasteiger partial charge in [0.25, 0.3) is 0 Å². The number of halogens is 3. The van der Waals surface area contributed by atoms with Crippen molar-refractivity contribution in [1.29, 1.82) is 0 Å². The fraction of sp³-hybridized carbons (Fsp3) is 0.400. The average Bonchev–Trinajstić information content (AvgIpc) is 3.20. The number of hydrogen-bond donors (Lipinski definition) is 1. The van der Waals surface area contributed by atoms with Gasteiger partial charge in [0, 0.05) is 31.0 Å². The van der Waals surface area contributed by atoms with Crippen LogP contribution in [0.3, 0.4) is 0 Å². The molecule has 27 heavy (non-hydrogen) atoms. The molecule has 2 aromatic heterocycles. The summed E-state index contributed by atoms with van der Waals surface area (Å²) in [6.07, 6.45) is -1.62. The lowest BCUT2D eigenvalue weighted by molar-refractivity contribution is -0.141. The predicted octanol–water partition coefficient (Wildman–Crippen LogP) is 1.93. The van der Waals surface area contributed by atoms with Gasteiger partial charge in [-0.3, -0.25) is 19.2 Å². The monoisotopic (exact) mass is 400 g/mol. The number of imide groups is 1. The Hall–Kier alpha value is -2.63. The summed E-state index contributed by atoms with van der Waals surface area (Å²) >= 11 is 0.826. The van der Waals surface area contributed by atoms with Crippen molar-refractivity contribution in [1.82, 2.24) is 30.0 Å². The number of carbonyl (C=O) groups excluding carboxylic acids is 2. The SMILES string of the molecule is CC(Sc1nnc(-c2ccncc2)n1CC(F)(F)F)C(=O)N1CCNC1=O. The molecule has 0 bridgehead atoms. The van der Waals surface area contributed by atoms with E-state index in [1.807, 2.05) is 0 Å². The van der Waals surface area contributed by atoms with Crippen molar-refractivity contribution in [3.63, 3.8) is 0 Å². The van der Waals surface area contributed by atoms with Gasteiger partial charge in [-0.2, -0.15) is 13.2 Å². The lowest BCUT2D eigenvalue weighted by Crippen LogP contribution is -2.39. The van der Waals surface area contributed by atoms with Crippen LogP contribution in [0.25, 0.3) is 11.4 Å². The summed E-state index contributed by atoms with van der Waals surface area (Å²) in [5.74, 6) is -0.474. The molecule has 0 aromatic carbocycles. The van der Waals surface area contributed by atoms with Crippen molar-refractivity contribution < 1.29 is 22.8 Å². The number of carbonyl (C=O) groups is 2. The Labute approximate surface area is 156 Å². The number of rotatable bonds is 5. The van der Waals surface area contributed by atoms with Crippen LogP contribution < -0.4 is 5.32 Å². The number of amides is 3. The third-order valence-electron chi connectivity index (χ3n) is 3.75. The molecular weight excluding hydrogens is 385 g/mol. The molecule has 8 nitrogen and oxygen atoms in total. The number of alkyl halides is 3. The van der Waals surface area contributed by atoms with Gasteiger partial charge in [0.05, 0.1) is 5.25 Å². The molecule has 3 rings (SSSR count). The highest BCUT2D eigenvalue weighted by atomic mass is 32.2. The Bertz CT molecular complexity index is 842. The Morgan fingerprint density at radius 2 is 2.04 bits per heavy atom. The summed E-state index contributed by atoms with van der Waals surface area (Å²) < 4.78 is 40.1. The summed E-state index contributed by atoms with van der Waals surface area (Å²) in [4.78, 5) is 28.9. The number of nitrogens with zero attached hydrogens (tertiary/aromatic N) is 5. The second-order valence-electron chi connectivity index (χ2n) is 5.73. The van der Waals surface area contributed by atoms with E-state index in [-0.39, 0.29) is 17.5 Å². The van der Waals surface area contributed by atoms with Gasteiger partial charge in [0.15, 0.2) is 11.0 Å². The molecule has 0 saturated carbocycles. The van der Waals surface area contributed by atoms with Crippen LogP contribution >= 0.6 is 11.8 Å². The topological polar surface area (TPSA) is 93.0 Å². The van der Waals surface area contributed by atoms with Crippen LogP contribution in [0.15, 0.2) is 29.7 Å². The van der Waals surface area contributed by atoms with E-state index in [4.69, 9.17) is 0 Å². The molecule has 1 fully saturated rings. The van der Waals surface area contributed by atoms with Crippen LogP contribution in [0.4, 0.5) is 18.0 Å². The van der Waals surface area contributed by atoms with Crippen LogP contribution in [0.5, 0.6) is 0 Å². The third kappa shape index (κ3) is 4.38. The molecule has 1 N–H and O–H groups in total. The molecule has 12 heteroatoms. The standard InChI is InChI=1S/C15H15F3N6O2S/c1-9(12(25)23-7-6-20-13(23)26)27-14-22-21-11(10-2-4-19-5-3-10)24(14)8-15(16,17)18/h2-5,9H,6-8H2,1H3,(H,20,26). The normalized spacial score (nSPS) is 15.7. The lowest BCUT2D eigenvalue weighted by Gasteiger charge is -2.18. The first-order chi connectivity index (χ1) is 12.8. The van der Waals surface area contributed by atoms with Crippen LogP contribution in [-0.2, 0) is 11.3 Å². The molecular formula is C15H15F3N6O2S. The first-order valence-electron chi connectivity index (χ1n) is 7.92. The molecule has 0 radical (unpaired) electrons. The van der Waals surface area contributed by atoms with E-state index in [2.05, 4.69) is 20.5 Å². The Balaban J connectivity index is 1.87. The van der Waals surface area contributed by atoms with Gasteiger partial charge in [0.1, 0.15) is 6.54 Å². The maximum absolute atomic E-state index is 13.1. The minimum Gasteiger partial charge on any atom is -0.336 e. The molecule has 3 amide bonds. The maximum atomic E-state index is 13.1. The summed E-state index contributed by atoms with van der Waals surface area (Å²) in [7, 11) is 0. The van der Waals surface area contributed by atoms with Gasteiger partial charge < -0.3 is 5.32 Å². The van der Waals surface area contributed by atoms with E-state index in [1.165, 1.54) is 31.5 Å². The average molecular weight is 400 g/mol. The molecule has 1 unspecified atom stereocenters. The quantitative estimate of drug-likeness (QED) is 0.771. The van der Waals surface area contributed by atoms with Gasteiger partial charge >= 0.3 is 12.2 Å². The minimum absolute atomic E-state index is 0.0239. The van der Waals surface area contributed by atoms with Crippen molar-refractivity contribution in [2.24, 2.45) is 0 Å². The lowest BCUT2D eigenvalue weighted by atomic mass is 10.2. The van der Waals surface area contributed by atoms with Crippen molar-refractivity contribution in [2.75, 3.05) is 13.1 Å². The highest BCUT2D eigenvalue weighted by Crippen LogP contribution is 2.30. The van der Waals surface area contributed by atoms with Gasteiger partial charge in [-0.25, -0.2) is 4.79 Å². The van der Waals surface area contributed by atoms with E-state index in [1.54, 1.807) is 0 Å². The van der Waals surface area contributed by atoms with Crippen LogP contribution in [-0.4, -0.2) is 61.1 Å². The summed E-state index contributed by atoms with van der Waals surface area (Å²) in [6.45, 7) is 0.779. The third-order valence-corrected chi connectivity index (χ3v) is 4.81. The second kappa shape index (κ2) is 7.55. The van der Waals surface area contributed by atoms with Gasteiger partial charge in [-0.15, -0.1) is 10.2 Å². The Morgan fingerprint density at radius 1 is 1.33 bits per heavy atom. The zero-order valence-corrected chi connectivity index (χ0v) is 14.9. The number of thioether (sulfide) groups is 1. The Kier molecular flexibility index (Phi) is 5.35. The zero-order valence-electron chi connectivity index (χ0n) is 14.1. The molecule has 0 aliphatic carbocycles. The van der Waals surface area contributed by atoms with Gasteiger partial charge in [0.2, 0.25) is 5.91 Å². The Morgan fingerprint density at radius 3 is 2.63 bits per heavy atom. The zero-order chi connectivity index (χ0) is 19.6. The predicted molar refractivity (Wildman–Crippen MR) is 89.7 cm³/mol. The molecule has 0 spiro atoms. The fourth-order valence-corrected chi connectivity index (χ4v) is 3.43. The summed E-state index contributed by atoms with van der Waals surface area (Å²) in [6, 6.07) is 2.53. The van der Waals surface area contributed by atoms with E-state index < -0.39 is 29.9 Å². The van der Waals surface area contributed by atoms with Crippen LogP contribution in [0.2, 0.25) is 0 Å². The number of nitrogens with one attached hydrogen (secondary N) is 1. The first kappa shape index (κ1) is 19.1. The van der Waals surface area contributed by atoms with Crippen molar-refractivity contribution in [3.8, 4) is 11.4 Å². The molecule has 1 aliphatic rings. The number of urea groups is 1. The summed E-state index contributed by atoms with van der Waals surface area (Å²) in [5, 5.41) is 9.33. The number of aromatic nitrogens is 4. The van der Waals surface area contributed by atoms with E-state index in [9.17, 15) is 22.8 Å². The highest BCUT2D eigenvalue weighted by molar-refractivity contribution is 8.00. The van der Waals surface area contributed by atoms with Crippen LogP contribution in [0, 0.1) is 0 Å². The molecule has 3 heterocycles. The van der Waals surface area contributed by atoms with Crippen molar-refractivity contribution in [3.05, 3.63) is 24.5 Å². The molecule has 1 aliphatic heterocycles.